The number of rotatable bonds is 5. The van der Waals surface area contributed by atoms with Crippen molar-refractivity contribution in [2.45, 2.75) is 19.3 Å². The third-order valence-corrected chi connectivity index (χ3v) is 6.90. The van der Waals surface area contributed by atoms with Crippen LogP contribution in [0.15, 0.2) is 40.5 Å². The van der Waals surface area contributed by atoms with Gasteiger partial charge in [0.25, 0.3) is 5.56 Å². The highest BCUT2D eigenvalue weighted by Gasteiger charge is 2.22. The molecular formula is C22H23FN6O2S. The second-order valence-corrected chi connectivity index (χ2v) is 8.86. The number of piperazine rings is 1. The summed E-state index contributed by atoms with van der Waals surface area (Å²) in [5, 5.41) is 10.4. The molecule has 0 aliphatic carbocycles. The monoisotopic (exact) mass is 454 g/mol. The number of thiophene rings is 1. The van der Waals surface area contributed by atoms with E-state index in [1.807, 2.05) is 20.7 Å². The van der Waals surface area contributed by atoms with E-state index in [0.29, 0.717) is 42.8 Å². The number of amides is 1. The highest BCUT2D eigenvalue weighted by atomic mass is 32.1. The minimum absolute atomic E-state index is 0.0728. The van der Waals surface area contributed by atoms with Gasteiger partial charge in [-0.3, -0.25) is 18.6 Å². The van der Waals surface area contributed by atoms with Crippen LogP contribution in [0.3, 0.4) is 0 Å². The van der Waals surface area contributed by atoms with Crippen LogP contribution in [-0.4, -0.2) is 56.2 Å². The molecule has 4 heterocycles. The summed E-state index contributed by atoms with van der Waals surface area (Å²) in [6.45, 7) is 2.77. The van der Waals surface area contributed by atoms with E-state index in [0.717, 1.165) is 30.1 Å². The molecule has 0 bridgehead atoms. The molecule has 4 aromatic rings. The van der Waals surface area contributed by atoms with Gasteiger partial charge in [-0.05, 0) is 42.1 Å². The number of carbonyl (C=O) groups excluding carboxylic acids is 1. The third-order valence-electron chi connectivity index (χ3n) is 6.01. The van der Waals surface area contributed by atoms with Crippen molar-refractivity contribution in [1.29, 1.82) is 0 Å². The predicted octanol–water partition coefficient (Wildman–Crippen LogP) is 2.45. The molecule has 0 atom stereocenters. The number of hydrogen-bond donors (Lipinski definition) is 0. The first-order valence-electron chi connectivity index (χ1n) is 10.6. The molecule has 0 radical (unpaired) electrons. The first-order chi connectivity index (χ1) is 15.5. The Labute approximate surface area is 187 Å². The van der Waals surface area contributed by atoms with Crippen molar-refractivity contribution in [3.8, 4) is 0 Å². The standard InChI is InChI=1S/C22H23FN6O2S/c1-26-21(31)20-17(9-14-32-20)29-18(24-25-22(26)29)3-2-4-19(30)28-12-10-27(11-13-28)16-7-5-15(23)6-8-16/h5-9,14H,2-4,10-13H2,1H3. The molecular weight excluding hydrogens is 431 g/mol. The molecule has 32 heavy (non-hydrogen) atoms. The number of carbonyl (C=O) groups is 1. The van der Waals surface area contributed by atoms with Crippen molar-refractivity contribution < 1.29 is 9.18 Å². The van der Waals surface area contributed by atoms with Crippen LogP contribution in [0.4, 0.5) is 10.1 Å². The fourth-order valence-electron chi connectivity index (χ4n) is 4.24. The van der Waals surface area contributed by atoms with E-state index < -0.39 is 0 Å². The Balaban J connectivity index is 1.20. The molecule has 8 nitrogen and oxygen atoms in total. The van der Waals surface area contributed by atoms with Gasteiger partial charge in [-0.25, -0.2) is 4.39 Å². The quantitative estimate of drug-likeness (QED) is 0.463. The molecule has 3 aromatic heterocycles. The molecule has 1 amide bonds. The Morgan fingerprint density at radius 3 is 2.59 bits per heavy atom. The highest BCUT2D eigenvalue weighted by molar-refractivity contribution is 7.17. The number of nitrogens with zero attached hydrogens (tertiary/aromatic N) is 6. The summed E-state index contributed by atoms with van der Waals surface area (Å²) < 4.78 is 17.2. The number of hydrogen-bond acceptors (Lipinski definition) is 6. The van der Waals surface area contributed by atoms with Crippen molar-refractivity contribution in [3.05, 3.63) is 57.7 Å². The van der Waals surface area contributed by atoms with Gasteiger partial charge in [0.1, 0.15) is 16.3 Å². The first-order valence-corrected chi connectivity index (χ1v) is 11.5. The molecule has 5 rings (SSSR count). The van der Waals surface area contributed by atoms with Crippen molar-refractivity contribution >= 4 is 38.9 Å². The van der Waals surface area contributed by atoms with E-state index >= 15 is 0 Å². The van der Waals surface area contributed by atoms with Crippen LogP contribution in [0.25, 0.3) is 16.0 Å². The zero-order valence-electron chi connectivity index (χ0n) is 17.7. The fraction of sp³-hybridized carbons (Fsp3) is 0.364. The normalized spacial score (nSPS) is 14.6. The van der Waals surface area contributed by atoms with E-state index in [1.54, 1.807) is 19.2 Å². The predicted molar refractivity (Wildman–Crippen MR) is 122 cm³/mol. The summed E-state index contributed by atoms with van der Waals surface area (Å²) in [4.78, 5) is 29.2. The largest absolute Gasteiger partial charge is 0.368 e. The smallest absolute Gasteiger partial charge is 0.272 e. The molecule has 1 saturated heterocycles. The summed E-state index contributed by atoms with van der Waals surface area (Å²) in [6, 6.07) is 8.38. The molecule has 10 heteroatoms. The van der Waals surface area contributed by atoms with Gasteiger partial charge in [-0.2, -0.15) is 0 Å². The summed E-state index contributed by atoms with van der Waals surface area (Å²) in [6.07, 6.45) is 1.70. The Bertz CT molecular complexity index is 1330. The van der Waals surface area contributed by atoms with Crippen molar-refractivity contribution in [2.24, 2.45) is 7.05 Å². The van der Waals surface area contributed by atoms with Crippen LogP contribution in [0.2, 0.25) is 0 Å². The average molecular weight is 455 g/mol. The number of fused-ring (bicyclic) bond motifs is 3. The minimum atomic E-state index is -0.245. The lowest BCUT2D eigenvalue weighted by atomic mass is 10.2. The van der Waals surface area contributed by atoms with Gasteiger partial charge in [-0.15, -0.1) is 21.5 Å². The number of anilines is 1. The second kappa shape index (κ2) is 8.34. The third kappa shape index (κ3) is 3.64. The summed E-state index contributed by atoms with van der Waals surface area (Å²) >= 11 is 1.41. The van der Waals surface area contributed by atoms with Gasteiger partial charge in [-0.1, -0.05) is 0 Å². The number of benzene rings is 1. The molecule has 0 saturated carbocycles. The summed E-state index contributed by atoms with van der Waals surface area (Å²) in [5.41, 5.74) is 1.72. The summed E-state index contributed by atoms with van der Waals surface area (Å²) in [7, 11) is 1.70. The molecule has 0 N–H and O–H groups in total. The van der Waals surface area contributed by atoms with Gasteiger partial charge >= 0.3 is 0 Å². The molecule has 1 aliphatic rings. The van der Waals surface area contributed by atoms with E-state index in [-0.39, 0.29) is 17.3 Å². The Morgan fingerprint density at radius 2 is 1.84 bits per heavy atom. The minimum Gasteiger partial charge on any atom is -0.368 e. The molecule has 166 valence electrons. The van der Waals surface area contributed by atoms with E-state index in [4.69, 9.17) is 0 Å². The maximum Gasteiger partial charge on any atom is 0.272 e. The van der Waals surface area contributed by atoms with Gasteiger partial charge in [0.2, 0.25) is 11.7 Å². The van der Waals surface area contributed by atoms with Crippen LogP contribution in [0.1, 0.15) is 18.7 Å². The maximum absolute atomic E-state index is 13.1. The fourth-order valence-corrected chi connectivity index (χ4v) is 5.09. The van der Waals surface area contributed by atoms with Crippen molar-refractivity contribution in [3.63, 3.8) is 0 Å². The van der Waals surface area contributed by atoms with Gasteiger partial charge in [0, 0.05) is 51.8 Å². The zero-order valence-corrected chi connectivity index (χ0v) is 18.5. The average Bonchev–Trinajstić information content (AvgIpc) is 3.45. The van der Waals surface area contributed by atoms with Gasteiger partial charge < -0.3 is 9.80 Å². The molecule has 1 fully saturated rings. The van der Waals surface area contributed by atoms with Gasteiger partial charge in [0.15, 0.2) is 0 Å². The second-order valence-electron chi connectivity index (χ2n) is 7.95. The molecule has 0 spiro atoms. The Hall–Kier alpha value is -3.27. The Morgan fingerprint density at radius 1 is 1.09 bits per heavy atom. The zero-order chi connectivity index (χ0) is 22.2. The highest BCUT2D eigenvalue weighted by Crippen LogP contribution is 2.21. The van der Waals surface area contributed by atoms with Gasteiger partial charge in [0.05, 0.1) is 5.52 Å². The molecule has 1 aliphatic heterocycles. The van der Waals surface area contributed by atoms with E-state index in [9.17, 15) is 14.0 Å². The Kier molecular flexibility index (Phi) is 5.38. The lowest BCUT2D eigenvalue weighted by Crippen LogP contribution is -2.48. The van der Waals surface area contributed by atoms with Crippen LogP contribution < -0.4 is 10.5 Å². The molecule has 1 aromatic carbocycles. The lowest BCUT2D eigenvalue weighted by molar-refractivity contribution is -0.131. The maximum atomic E-state index is 13.1. The first kappa shape index (κ1) is 20.6. The van der Waals surface area contributed by atoms with Crippen LogP contribution >= 0.6 is 11.3 Å². The SMILES string of the molecule is Cn1c(=O)c2sccc2n2c(CCCC(=O)N3CCN(c4ccc(F)cc4)CC3)nnc12. The lowest BCUT2D eigenvalue weighted by Gasteiger charge is -2.36. The number of aromatic nitrogens is 4. The van der Waals surface area contributed by atoms with E-state index in [2.05, 4.69) is 15.1 Å². The van der Waals surface area contributed by atoms with Crippen LogP contribution in [-0.2, 0) is 18.3 Å². The number of halogens is 1. The number of aryl methyl sites for hydroxylation is 2. The topological polar surface area (TPSA) is 75.7 Å². The van der Waals surface area contributed by atoms with Crippen LogP contribution in [0.5, 0.6) is 0 Å². The molecule has 0 unspecified atom stereocenters. The van der Waals surface area contributed by atoms with Crippen molar-refractivity contribution in [2.75, 3.05) is 31.1 Å². The van der Waals surface area contributed by atoms with Crippen LogP contribution in [0, 0.1) is 5.82 Å². The van der Waals surface area contributed by atoms with Crippen molar-refractivity contribution in [1.82, 2.24) is 24.1 Å². The summed E-state index contributed by atoms with van der Waals surface area (Å²) in [5.74, 6) is 1.16. The van der Waals surface area contributed by atoms with E-state index in [1.165, 1.54) is 28.0 Å².